The number of rotatable bonds is 9. The number of nitrogens with zero attached hydrogens (tertiary/aromatic N) is 1. The Morgan fingerprint density at radius 2 is 1.73 bits per heavy atom. The zero-order valence-electron chi connectivity index (χ0n) is 18.3. The Kier molecular flexibility index (Phi) is 7.00. The number of nitrogens with one attached hydrogen (secondary N) is 1. The maximum Gasteiger partial charge on any atom is 0.243 e. The molecule has 2 heterocycles. The van der Waals surface area contributed by atoms with E-state index in [2.05, 4.69) is 5.32 Å². The van der Waals surface area contributed by atoms with Crippen LogP contribution in [0.4, 0.5) is 0 Å². The van der Waals surface area contributed by atoms with Gasteiger partial charge in [-0.25, -0.2) is 8.42 Å². The number of benzene rings is 2. The largest absolute Gasteiger partial charge is 0.494 e. The summed E-state index contributed by atoms with van der Waals surface area (Å²) in [5.41, 5.74) is 0. The fourth-order valence-electron chi connectivity index (χ4n) is 3.72. The highest BCUT2D eigenvalue weighted by Crippen LogP contribution is 2.29. The molecule has 1 N–H and O–H groups in total. The second kappa shape index (κ2) is 10.1. The van der Waals surface area contributed by atoms with Gasteiger partial charge in [0, 0.05) is 6.54 Å². The van der Waals surface area contributed by atoms with Gasteiger partial charge in [-0.1, -0.05) is 0 Å². The lowest BCUT2D eigenvalue weighted by Gasteiger charge is -2.23. The molecule has 4 rings (SSSR count). The van der Waals surface area contributed by atoms with E-state index in [-0.39, 0.29) is 17.3 Å². The molecule has 0 radical (unpaired) electrons. The van der Waals surface area contributed by atoms with Gasteiger partial charge >= 0.3 is 0 Å². The summed E-state index contributed by atoms with van der Waals surface area (Å²) in [6.07, 6.45) is 2.62. The van der Waals surface area contributed by atoms with Crippen LogP contribution in [0.3, 0.4) is 0 Å². The van der Waals surface area contributed by atoms with Gasteiger partial charge in [0.1, 0.15) is 29.1 Å². The predicted octanol–water partition coefficient (Wildman–Crippen LogP) is 3.94. The van der Waals surface area contributed by atoms with Crippen LogP contribution in [0.5, 0.6) is 17.2 Å². The van der Waals surface area contributed by atoms with Gasteiger partial charge in [0.25, 0.3) is 0 Å². The van der Waals surface area contributed by atoms with Crippen LogP contribution in [0.2, 0.25) is 0 Å². The van der Waals surface area contributed by atoms with Gasteiger partial charge in [-0.2, -0.15) is 4.31 Å². The van der Waals surface area contributed by atoms with Crippen LogP contribution in [0.25, 0.3) is 0 Å². The number of amides is 1. The van der Waals surface area contributed by atoms with Gasteiger partial charge in [-0.05, 0) is 80.4 Å². The van der Waals surface area contributed by atoms with Gasteiger partial charge in [-0.3, -0.25) is 4.79 Å². The number of ether oxygens (including phenoxy) is 2. The van der Waals surface area contributed by atoms with Crippen molar-refractivity contribution in [1.82, 2.24) is 9.62 Å². The first-order valence-corrected chi connectivity index (χ1v) is 12.2. The summed E-state index contributed by atoms with van der Waals surface area (Å²) in [5, 5.41) is 2.76. The second-order valence-electron chi connectivity index (χ2n) is 7.55. The van der Waals surface area contributed by atoms with Crippen molar-refractivity contribution in [2.75, 3.05) is 13.2 Å². The number of carbonyl (C=O) groups is 1. The quantitative estimate of drug-likeness (QED) is 0.509. The van der Waals surface area contributed by atoms with Crippen molar-refractivity contribution >= 4 is 15.9 Å². The molecule has 33 heavy (non-hydrogen) atoms. The van der Waals surface area contributed by atoms with Crippen LogP contribution in [-0.2, 0) is 21.4 Å². The number of hydrogen-bond acceptors (Lipinski definition) is 6. The van der Waals surface area contributed by atoms with Crippen molar-refractivity contribution in [3.05, 3.63) is 72.7 Å². The fourth-order valence-corrected chi connectivity index (χ4v) is 5.37. The number of carbonyl (C=O) groups excluding carboxylic acids is 1. The third-order valence-corrected chi connectivity index (χ3v) is 7.25. The minimum atomic E-state index is -3.83. The molecule has 0 bridgehead atoms. The van der Waals surface area contributed by atoms with Crippen LogP contribution in [0.15, 0.2) is 76.2 Å². The molecule has 0 spiro atoms. The van der Waals surface area contributed by atoms with Gasteiger partial charge in [-0.15, -0.1) is 0 Å². The Labute approximate surface area is 193 Å². The molecule has 8 nitrogen and oxygen atoms in total. The molecule has 1 aliphatic heterocycles. The monoisotopic (exact) mass is 470 g/mol. The van der Waals surface area contributed by atoms with Crippen molar-refractivity contribution in [2.24, 2.45) is 0 Å². The molecule has 9 heteroatoms. The molecule has 0 saturated carbocycles. The Morgan fingerprint density at radius 1 is 1.06 bits per heavy atom. The lowest BCUT2D eigenvalue weighted by Crippen LogP contribution is -2.45. The molecule has 1 aromatic heterocycles. The van der Waals surface area contributed by atoms with Crippen LogP contribution in [0.1, 0.15) is 25.5 Å². The SMILES string of the molecule is CCOc1ccc(Oc2ccc(S(=O)(=O)N3CCCC3C(=O)NCc3ccco3)cc2)cc1. The van der Waals surface area contributed by atoms with E-state index in [9.17, 15) is 13.2 Å². The van der Waals surface area contributed by atoms with Crippen molar-refractivity contribution in [1.29, 1.82) is 0 Å². The van der Waals surface area contributed by atoms with Crippen molar-refractivity contribution in [2.45, 2.75) is 37.2 Å². The van der Waals surface area contributed by atoms with E-state index in [1.54, 1.807) is 36.4 Å². The summed E-state index contributed by atoms with van der Waals surface area (Å²) in [6, 6.07) is 16.1. The first kappa shape index (κ1) is 22.9. The van der Waals surface area contributed by atoms with Crippen molar-refractivity contribution in [3.63, 3.8) is 0 Å². The van der Waals surface area contributed by atoms with E-state index in [1.165, 1.54) is 22.7 Å². The van der Waals surface area contributed by atoms with E-state index in [0.717, 1.165) is 5.75 Å². The molecule has 1 amide bonds. The summed E-state index contributed by atoms with van der Waals surface area (Å²) < 4.78 is 44.1. The van der Waals surface area contributed by atoms with Gasteiger partial charge in [0.2, 0.25) is 15.9 Å². The maximum absolute atomic E-state index is 13.2. The summed E-state index contributed by atoms with van der Waals surface area (Å²) in [6.45, 7) is 3.01. The first-order chi connectivity index (χ1) is 16.0. The summed E-state index contributed by atoms with van der Waals surface area (Å²) in [7, 11) is -3.83. The molecule has 0 aliphatic carbocycles. The Hall–Kier alpha value is -3.30. The number of sulfonamides is 1. The number of hydrogen-bond donors (Lipinski definition) is 1. The molecule has 1 saturated heterocycles. The third kappa shape index (κ3) is 5.37. The standard InChI is InChI=1S/C24H26N2O6S/c1-2-30-18-7-9-19(10-8-18)32-20-11-13-22(14-12-20)33(28,29)26-15-3-6-23(26)24(27)25-17-21-5-4-16-31-21/h4-5,7-14,16,23H,2-3,6,15,17H2,1H3,(H,25,27). The molecule has 174 valence electrons. The average molecular weight is 471 g/mol. The number of furan rings is 1. The van der Waals surface area contributed by atoms with Crippen LogP contribution in [-0.4, -0.2) is 37.8 Å². The molecular formula is C24H26N2O6S. The lowest BCUT2D eigenvalue weighted by molar-refractivity contribution is -0.124. The van der Waals surface area contributed by atoms with Crippen LogP contribution < -0.4 is 14.8 Å². The average Bonchev–Trinajstić information content (AvgIpc) is 3.52. The van der Waals surface area contributed by atoms with E-state index >= 15 is 0 Å². The van der Waals surface area contributed by atoms with Crippen molar-refractivity contribution in [3.8, 4) is 17.2 Å². The fraction of sp³-hybridized carbons (Fsp3) is 0.292. The highest BCUT2D eigenvalue weighted by atomic mass is 32.2. The Bertz CT molecular complexity index is 1160. The molecule has 2 aromatic carbocycles. The summed E-state index contributed by atoms with van der Waals surface area (Å²) in [4.78, 5) is 12.8. The minimum Gasteiger partial charge on any atom is -0.494 e. The Morgan fingerprint density at radius 3 is 2.36 bits per heavy atom. The van der Waals surface area contributed by atoms with Gasteiger partial charge in [0.15, 0.2) is 0 Å². The maximum atomic E-state index is 13.2. The zero-order valence-corrected chi connectivity index (χ0v) is 19.1. The molecule has 1 aliphatic rings. The van der Waals surface area contributed by atoms with E-state index in [0.29, 0.717) is 43.3 Å². The normalized spacial score (nSPS) is 16.5. The lowest BCUT2D eigenvalue weighted by atomic mass is 10.2. The third-order valence-electron chi connectivity index (χ3n) is 5.32. The predicted molar refractivity (Wildman–Crippen MR) is 122 cm³/mol. The summed E-state index contributed by atoms with van der Waals surface area (Å²) in [5.74, 6) is 2.15. The van der Waals surface area contributed by atoms with Crippen molar-refractivity contribution < 1.29 is 27.1 Å². The molecular weight excluding hydrogens is 444 g/mol. The second-order valence-corrected chi connectivity index (χ2v) is 9.44. The minimum absolute atomic E-state index is 0.118. The van der Waals surface area contributed by atoms with E-state index in [1.807, 2.05) is 19.1 Å². The molecule has 3 aromatic rings. The Balaban J connectivity index is 1.42. The summed E-state index contributed by atoms with van der Waals surface area (Å²) >= 11 is 0. The van der Waals surface area contributed by atoms with E-state index in [4.69, 9.17) is 13.9 Å². The highest BCUT2D eigenvalue weighted by molar-refractivity contribution is 7.89. The van der Waals surface area contributed by atoms with Crippen LogP contribution >= 0.6 is 0 Å². The first-order valence-electron chi connectivity index (χ1n) is 10.8. The highest BCUT2D eigenvalue weighted by Gasteiger charge is 2.39. The van der Waals surface area contributed by atoms with Crippen LogP contribution in [0, 0.1) is 0 Å². The van der Waals surface area contributed by atoms with E-state index < -0.39 is 16.1 Å². The molecule has 1 fully saturated rings. The van der Waals surface area contributed by atoms with Gasteiger partial charge in [0.05, 0.1) is 24.3 Å². The topological polar surface area (TPSA) is 98.1 Å². The zero-order chi connectivity index (χ0) is 23.3. The molecule has 1 unspecified atom stereocenters. The molecule has 1 atom stereocenters. The van der Waals surface area contributed by atoms with Gasteiger partial charge < -0.3 is 19.2 Å². The smallest absolute Gasteiger partial charge is 0.243 e.